The number of hydrogen-bond acceptors (Lipinski definition) is 5. The van der Waals surface area contributed by atoms with E-state index in [4.69, 9.17) is 21.1 Å². The molecule has 0 N–H and O–H groups in total. The summed E-state index contributed by atoms with van der Waals surface area (Å²) < 4.78 is 11.8. The molecule has 25 heavy (non-hydrogen) atoms. The third-order valence-electron chi connectivity index (χ3n) is 4.01. The van der Waals surface area contributed by atoms with Crippen LogP contribution < -0.4 is 4.74 Å². The van der Waals surface area contributed by atoms with Gasteiger partial charge in [-0.3, -0.25) is 9.59 Å². The molecule has 0 radical (unpaired) electrons. The van der Waals surface area contributed by atoms with Crippen LogP contribution in [0.3, 0.4) is 0 Å². The van der Waals surface area contributed by atoms with E-state index in [-0.39, 0.29) is 17.3 Å². The normalized spacial score (nSPS) is 14.6. The van der Waals surface area contributed by atoms with Crippen molar-refractivity contribution in [2.24, 2.45) is 5.92 Å². The number of carbonyl (C=O) groups excluding carboxylic acids is 2. The molecular weight excluding hydrogens is 360 g/mol. The lowest BCUT2D eigenvalue weighted by Crippen LogP contribution is -2.16. The maximum atomic E-state index is 13.0. The number of rotatable bonds is 8. The van der Waals surface area contributed by atoms with Crippen molar-refractivity contribution in [2.75, 3.05) is 13.2 Å². The van der Waals surface area contributed by atoms with Crippen molar-refractivity contribution < 1.29 is 19.1 Å². The Morgan fingerprint density at radius 1 is 1.28 bits per heavy atom. The predicted molar refractivity (Wildman–Crippen MR) is 99.8 cm³/mol. The molecule has 1 aliphatic carbocycles. The van der Waals surface area contributed by atoms with Gasteiger partial charge in [0.15, 0.2) is 5.78 Å². The molecule has 1 saturated carbocycles. The van der Waals surface area contributed by atoms with Crippen LogP contribution in [0.25, 0.3) is 10.1 Å². The average Bonchev–Trinajstić information content (AvgIpc) is 3.37. The van der Waals surface area contributed by atoms with Gasteiger partial charge in [-0.15, -0.1) is 11.3 Å². The van der Waals surface area contributed by atoms with Crippen molar-refractivity contribution in [1.29, 1.82) is 0 Å². The molecule has 4 nitrogen and oxygen atoms in total. The SMILES string of the molecule is CCO/C=C(\C(=O)c1ccc2scc(OCC)c2c1Cl)C(=O)C1CC1. The van der Waals surface area contributed by atoms with Gasteiger partial charge in [-0.1, -0.05) is 11.6 Å². The van der Waals surface area contributed by atoms with Crippen molar-refractivity contribution in [2.45, 2.75) is 26.7 Å². The van der Waals surface area contributed by atoms with Gasteiger partial charge in [0.1, 0.15) is 11.3 Å². The second kappa shape index (κ2) is 7.58. The summed E-state index contributed by atoms with van der Waals surface area (Å²) in [5.41, 5.74) is 0.368. The van der Waals surface area contributed by atoms with E-state index in [1.807, 2.05) is 18.4 Å². The smallest absolute Gasteiger partial charge is 0.201 e. The van der Waals surface area contributed by atoms with Crippen LogP contribution >= 0.6 is 22.9 Å². The first-order valence-corrected chi connectivity index (χ1v) is 9.57. The number of halogens is 1. The van der Waals surface area contributed by atoms with Crippen LogP contribution in [0.15, 0.2) is 29.3 Å². The molecule has 0 unspecified atom stereocenters. The summed E-state index contributed by atoms with van der Waals surface area (Å²) >= 11 is 8.03. The Morgan fingerprint density at radius 3 is 2.68 bits per heavy atom. The number of ketones is 2. The van der Waals surface area contributed by atoms with Crippen molar-refractivity contribution in [3.05, 3.63) is 39.9 Å². The fraction of sp³-hybridized carbons (Fsp3) is 0.368. The van der Waals surface area contributed by atoms with Crippen molar-refractivity contribution >= 4 is 44.6 Å². The van der Waals surface area contributed by atoms with Gasteiger partial charge < -0.3 is 9.47 Å². The molecule has 0 spiro atoms. The van der Waals surface area contributed by atoms with Crippen molar-refractivity contribution in [3.63, 3.8) is 0 Å². The summed E-state index contributed by atoms with van der Waals surface area (Å²) in [6.45, 7) is 4.60. The lowest BCUT2D eigenvalue weighted by atomic mass is 9.97. The predicted octanol–water partition coefficient (Wildman–Crippen LogP) is 5.04. The zero-order chi connectivity index (χ0) is 18.0. The van der Waals surface area contributed by atoms with Crippen molar-refractivity contribution in [1.82, 2.24) is 0 Å². The van der Waals surface area contributed by atoms with Crippen LogP contribution in [0.5, 0.6) is 5.75 Å². The number of fused-ring (bicyclic) bond motifs is 1. The summed E-state index contributed by atoms with van der Waals surface area (Å²) in [5, 5.41) is 2.91. The third-order valence-corrected chi connectivity index (χ3v) is 5.33. The number of thiophene rings is 1. The number of allylic oxidation sites excluding steroid dienone is 1. The molecule has 3 rings (SSSR count). The van der Waals surface area contributed by atoms with Gasteiger partial charge in [-0.05, 0) is 38.8 Å². The maximum absolute atomic E-state index is 13.0. The second-order valence-corrected chi connectivity index (χ2v) is 7.08. The lowest BCUT2D eigenvalue weighted by Gasteiger charge is -2.09. The topological polar surface area (TPSA) is 52.6 Å². The highest BCUT2D eigenvalue weighted by Crippen LogP contribution is 2.40. The van der Waals surface area contributed by atoms with Crippen LogP contribution in [-0.2, 0) is 9.53 Å². The van der Waals surface area contributed by atoms with E-state index in [0.29, 0.717) is 34.9 Å². The number of hydrogen-bond donors (Lipinski definition) is 0. The first kappa shape index (κ1) is 18.0. The fourth-order valence-corrected chi connectivity index (χ4v) is 3.89. The molecule has 1 aromatic heterocycles. The first-order valence-electron chi connectivity index (χ1n) is 8.31. The molecule has 1 aliphatic rings. The summed E-state index contributed by atoms with van der Waals surface area (Å²) in [4.78, 5) is 25.5. The number of ether oxygens (including phenoxy) is 2. The van der Waals surface area contributed by atoms with Crippen LogP contribution in [-0.4, -0.2) is 24.8 Å². The quantitative estimate of drug-likeness (QED) is 0.212. The standard InChI is InChI=1S/C19H19ClO4S/c1-3-23-9-13(18(21)11-5-6-11)19(22)12-7-8-15-16(17(12)20)14(10-25-15)24-4-2/h7-11H,3-6H2,1-2H3/b13-9-. The Morgan fingerprint density at radius 2 is 2.04 bits per heavy atom. The van der Waals surface area contributed by atoms with E-state index < -0.39 is 5.78 Å². The number of Topliss-reactive ketones (excluding diaryl/α,β-unsaturated/α-hetero) is 2. The molecule has 132 valence electrons. The summed E-state index contributed by atoms with van der Waals surface area (Å²) in [7, 11) is 0. The van der Waals surface area contributed by atoms with Gasteiger partial charge >= 0.3 is 0 Å². The highest BCUT2D eigenvalue weighted by molar-refractivity contribution is 7.17. The molecular formula is C19H19ClO4S. The minimum Gasteiger partial charge on any atom is -0.501 e. The summed E-state index contributed by atoms with van der Waals surface area (Å²) in [5.74, 6) is 0.0279. The van der Waals surface area contributed by atoms with Gasteiger partial charge in [-0.2, -0.15) is 0 Å². The Bertz CT molecular complexity index is 848. The molecule has 6 heteroatoms. The molecule has 2 aromatic rings. The van der Waals surface area contributed by atoms with Gasteiger partial charge in [-0.25, -0.2) is 0 Å². The summed E-state index contributed by atoms with van der Waals surface area (Å²) in [6.07, 6.45) is 2.92. The lowest BCUT2D eigenvalue weighted by molar-refractivity contribution is -0.116. The van der Waals surface area contributed by atoms with Crippen LogP contribution in [0.4, 0.5) is 0 Å². The monoisotopic (exact) mass is 378 g/mol. The van der Waals surface area contributed by atoms with E-state index in [1.54, 1.807) is 13.0 Å². The Labute approximate surface area is 155 Å². The number of benzene rings is 1. The third kappa shape index (κ3) is 3.58. The molecule has 0 bridgehead atoms. The van der Waals surface area contributed by atoms with Gasteiger partial charge in [0, 0.05) is 21.6 Å². The van der Waals surface area contributed by atoms with Gasteiger partial charge in [0.2, 0.25) is 5.78 Å². The van der Waals surface area contributed by atoms with E-state index in [1.165, 1.54) is 17.6 Å². The molecule has 0 aliphatic heterocycles. The first-order chi connectivity index (χ1) is 12.1. The highest BCUT2D eigenvalue weighted by Gasteiger charge is 2.35. The Hall–Kier alpha value is -1.85. The average molecular weight is 379 g/mol. The Kier molecular flexibility index (Phi) is 5.45. The number of carbonyl (C=O) groups is 2. The van der Waals surface area contributed by atoms with E-state index in [0.717, 1.165) is 17.5 Å². The zero-order valence-electron chi connectivity index (χ0n) is 14.1. The minimum atomic E-state index is -0.397. The molecule has 1 fully saturated rings. The van der Waals surface area contributed by atoms with E-state index in [9.17, 15) is 9.59 Å². The van der Waals surface area contributed by atoms with Crippen LogP contribution in [0, 0.1) is 5.92 Å². The van der Waals surface area contributed by atoms with Gasteiger partial charge in [0.05, 0.1) is 29.9 Å². The molecule has 1 aromatic carbocycles. The minimum absolute atomic E-state index is 0.0683. The largest absolute Gasteiger partial charge is 0.501 e. The second-order valence-electron chi connectivity index (χ2n) is 5.79. The molecule has 0 saturated heterocycles. The fourth-order valence-electron chi connectivity index (χ4n) is 2.60. The molecule has 1 heterocycles. The molecule has 0 amide bonds. The van der Waals surface area contributed by atoms with Crippen molar-refractivity contribution in [3.8, 4) is 5.75 Å². The van der Waals surface area contributed by atoms with Gasteiger partial charge in [0.25, 0.3) is 0 Å². The maximum Gasteiger partial charge on any atom is 0.201 e. The summed E-state index contributed by atoms with van der Waals surface area (Å²) in [6, 6.07) is 3.50. The Balaban J connectivity index is 2.03. The van der Waals surface area contributed by atoms with E-state index in [2.05, 4.69) is 0 Å². The highest BCUT2D eigenvalue weighted by atomic mass is 35.5. The van der Waals surface area contributed by atoms with Crippen LogP contribution in [0.2, 0.25) is 5.02 Å². The molecule has 0 atom stereocenters. The zero-order valence-corrected chi connectivity index (χ0v) is 15.7. The van der Waals surface area contributed by atoms with Crippen LogP contribution in [0.1, 0.15) is 37.0 Å². The van der Waals surface area contributed by atoms with E-state index >= 15 is 0 Å².